The lowest BCUT2D eigenvalue weighted by atomic mass is 9.97. The van der Waals surface area contributed by atoms with Crippen LogP contribution in [0, 0.1) is 28.9 Å². The number of aromatic hydroxyl groups is 1. The van der Waals surface area contributed by atoms with Gasteiger partial charge in [0.15, 0.2) is 11.6 Å². The van der Waals surface area contributed by atoms with E-state index in [1.54, 1.807) is 25.7 Å². The highest BCUT2D eigenvalue weighted by Gasteiger charge is 2.46. The molecule has 1 aromatic carbocycles. The van der Waals surface area contributed by atoms with E-state index < -0.39 is 63.6 Å². The Morgan fingerprint density at radius 1 is 1.22 bits per heavy atom. The molecular weight excluding hydrogens is 536 g/mol. The highest BCUT2D eigenvalue weighted by Crippen LogP contribution is 2.46. The normalized spacial score (nSPS) is 21.9. The molecule has 10 nitrogen and oxygen atoms in total. The number of carbonyl (C=O) groups is 2. The van der Waals surface area contributed by atoms with Gasteiger partial charge in [0.25, 0.3) is 5.91 Å². The van der Waals surface area contributed by atoms with Crippen LogP contribution in [0.5, 0.6) is 11.5 Å². The average molecular weight is 570 g/mol. The number of benzene rings is 1. The molecule has 5 rings (SSSR count). The standard InChI is InChI=1S/C29H33F2N5O5/c1-28(2,3)41-27(39)34-9-10-35-17(14-34)15-40-24-21(26(35)38)25(36-13-16(12-32)11-29(36,4)5)33-23(22(24)31)20-18(30)7-6-8-19(20)37/h6-8,16-17,37H,9-11,13-15H2,1-5H3/t16?,17-/m1/s1. The summed E-state index contributed by atoms with van der Waals surface area (Å²) >= 11 is 0. The van der Waals surface area contributed by atoms with E-state index in [2.05, 4.69) is 11.1 Å². The molecule has 0 radical (unpaired) electrons. The van der Waals surface area contributed by atoms with Crippen LogP contribution in [0.4, 0.5) is 19.4 Å². The maximum atomic E-state index is 16.2. The van der Waals surface area contributed by atoms with Crippen LogP contribution in [0.15, 0.2) is 18.2 Å². The molecule has 218 valence electrons. The largest absolute Gasteiger partial charge is 0.507 e. The number of amides is 2. The maximum Gasteiger partial charge on any atom is 0.410 e. The highest BCUT2D eigenvalue weighted by molar-refractivity contribution is 6.03. The van der Waals surface area contributed by atoms with Gasteiger partial charge in [0, 0.05) is 31.7 Å². The Hall–Kier alpha value is -4.14. The molecule has 0 saturated carbocycles. The van der Waals surface area contributed by atoms with Crippen molar-refractivity contribution >= 4 is 17.8 Å². The number of aromatic nitrogens is 1. The number of phenolic OH excluding ortho intramolecular Hbond substituents is 1. The van der Waals surface area contributed by atoms with Gasteiger partial charge in [-0.3, -0.25) is 4.79 Å². The number of carbonyl (C=O) groups excluding carboxylic acids is 2. The van der Waals surface area contributed by atoms with E-state index >= 15 is 4.39 Å². The molecular formula is C29H33F2N5O5. The van der Waals surface area contributed by atoms with Gasteiger partial charge in [-0.25, -0.2) is 18.6 Å². The quantitative estimate of drug-likeness (QED) is 0.568. The summed E-state index contributed by atoms with van der Waals surface area (Å²) in [7, 11) is 0. The topological polar surface area (TPSA) is 119 Å². The molecule has 12 heteroatoms. The third kappa shape index (κ3) is 5.09. The molecule has 4 heterocycles. The summed E-state index contributed by atoms with van der Waals surface area (Å²) in [6.07, 6.45) is -0.0670. The van der Waals surface area contributed by atoms with Crippen molar-refractivity contribution in [3.8, 4) is 28.8 Å². The van der Waals surface area contributed by atoms with Gasteiger partial charge in [-0.2, -0.15) is 5.26 Å². The number of hydrogen-bond donors (Lipinski definition) is 1. The Kier molecular flexibility index (Phi) is 6.96. The second kappa shape index (κ2) is 10.0. The molecule has 0 aliphatic carbocycles. The smallest absolute Gasteiger partial charge is 0.410 e. The van der Waals surface area contributed by atoms with E-state index in [0.29, 0.717) is 6.42 Å². The molecule has 2 amide bonds. The van der Waals surface area contributed by atoms with E-state index in [4.69, 9.17) is 9.47 Å². The fourth-order valence-corrected chi connectivity index (χ4v) is 5.75. The number of anilines is 1. The number of ether oxygens (including phenoxy) is 2. The molecule has 3 aliphatic rings. The molecule has 1 N–H and O–H groups in total. The molecule has 0 spiro atoms. The number of rotatable bonds is 2. The maximum absolute atomic E-state index is 16.2. The zero-order chi connectivity index (χ0) is 29.9. The predicted octanol–water partition coefficient (Wildman–Crippen LogP) is 4.31. The van der Waals surface area contributed by atoms with Gasteiger partial charge in [-0.15, -0.1) is 0 Å². The minimum atomic E-state index is -1.09. The first-order valence-corrected chi connectivity index (χ1v) is 13.5. The second-order valence-electron chi connectivity index (χ2n) is 12.3. The van der Waals surface area contributed by atoms with Gasteiger partial charge in [-0.05, 0) is 53.2 Å². The molecule has 0 bridgehead atoms. The van der Waals surface area contributed by atoms with Gasteiger partial charge in [0.2, 0.25) is 0 Å². The van der Waals surface area contributed by atoms with Crippen LogP contribution in [0.1, 0.15) is 51.4 Å². The SMILES string of the molecule is CC(C)(C)OC(=O)N1CCN2C(=O)c3c(N4CC(C#N)CC4(C)C)nc(-c4c(O)cccc4F)c(F)c3OC[C@H]2C1. The summed E-state index contributed by atoms with van der Waals surface area (Å²) in [6, 6.07) is 5.21. The van der Waals surface area contributed by atoms with Crippen LogP contribution in [-0.4, -0.2) is 81.9 Å². The number of hydrogen-bond acceptors (Lipinski definition) is 8. The Morgan fingerprint density at radius 2 is 1.95 bits per heavy atom. The predicted molar refractivity (Wildman–Crippen MR) is 145 cm³/mol. The van der Waals surface area contributed by atoms with Crippen molar-refractivity contribution in [3.63, 3.8) is 0 Å². The Balaban J connectivity index is 1.62. The monoisotopic (exact) mass is 569 g/mol. The lowest BCUT2D eigenvalue weighted by molar-refractivity contribution is 0.000864. The fourth-order valence-electron chi connectivity index (χ4n) is 5.75. The first kappa shape index (κ1) is 28.4. The summed E-state index contributed by atoms with van der Waals surface area (Å²) in [5.74, 6) is -3.81. The Bertz CT molecular complexity index is 1430. The number of phenols is 1. The van der Waals surface area contributed by atoms with Crippen molar-refractivity contribution in [2.24, 2.45) is 5.92 Å². The third-order valence-electron chi connectivity index (χ3n) is 7.65. The third-order valence-corrected chi connectivity index (χ3v) is 7.65. The number of piperazine rings is 1. The van der Waals surface area contributed by atoms with Gasteiger partial charge >= 0.3 is 6.09 Å². The lowest BCUT2D eigenvalue weighted by Crippen LogP contribution is -2.58. The fraction of sp³-hybridized carbons (Fsp3) is 0.517. The lowest BCUT2D eigenvalue weighted by Gasteiger charge is -2.40. The zero-order valence-electron chi connectivity index (χ0n) is 23.7. The van der Waals surface area contributed by atoms with E-state index in [0.717, 1.165) is 6.07 Å². The van der Waals surface area contributed by atoms with Crippen LogP contribution in [0.25, 0.3) is 11.3 Å². The molecule has 2 saturated heterocycles. The average Bonchev–Trinajstić information content (AvgIpc) is 3.12. The first-order valence-electron chi connectivity index (χ1n) is 13.5. The van der Waals surface area contributed by atoms with Crippen LogP contribution in [0.3, 0.4) is 0 Å². The van der Waals surface area contributed by atoms with Crippen molar-refractivity contribution in [3.05, 3.63) is 35.4 Å². The minimum absolute atomic E-state index is 0.0435. The molecule has 2 fully saturated rings. The Labute approximate surface area is 237 Å². The van der Waals surface area contributed by atoms with Crippen molar-refractivity contribution in [2.75, 3.05) is 37.7 Å². The van der Waals surface area contributed by atoms with E-state index in [-0.39, 0.29) is 50.1 Å². The molecule has 2 aromatic rings. The van der Waals surface area contributed by atoms with Gasteiger partial charge < -0.3 is 29.3 Å². The highest BCUT2D eigenvalue weighted by atomic mass is 19.1. The molecule has 41 heavy (non-hydrogen) atoms. The van der Waals surface area contributed by atoms with Crippen molar-refractivity contribution < 1.29 is 33.0 Å². The van der Waals surface area contributed by atoms with Crippen LogP contribution in [0.2, 0.25) is 0 Å². The zero-order valence-corrected chi connectivity index (χ0v) is 23.7. The van der Waals surface area contributed by atoms with Crippen molar-refractivity contribution in [1.29, 1.82) is 5.26 Å². The molecule has 1 aromatic heterocycles. The summed E-state index contributed by atoms with van der Waals surface area (Å²) in [4.78, 5) is 36.1. The number of nitriles is 1. The van der Waals surface area contributed by atoms with E-state index in [1.807, 2.05) is 13.8 Å². The number of halogens is 2. The molecule has 2 atom stereocenters. The summed E-state index contributed by atoms with van der Waals surface area (Å²) in [5, 5.41) is 20.1. The van der Waals surface area contributed by atoms with Crippen molar-refractivity contribution in [1.82, 2.24) is 14.8 Å². The molecule has 3 aliphatic heterocycles. The van der Waals surface area contributed by atoms with Crippen molar-refractivity contribution in [2.45, 2.75) is 58.2 Å². The Morgan fingerprint density at radius 3 is 2.59 bits per heavy atom. The second-order valence-corrected chi connectivity index (χ2v) is 12.3. The number of pyridine rings is 1. The first-order chi connectivity index (χ1) is 19.2. The van der Waals surface area contributed by atoms with Crippen LogP contribution >= 0.6 is 0 Å². The van der Waals surface area contributed by atoms with Crippen LogP contribution in [-0.2, 0) is 4.74 Å². The number of fused-ring (bicyclic) bond motifs is 2. The summed E-state index contributed by atoms with van der Waals surface area (Å²) in [6.45, 7) is 9.55. The van der Waals surface area contributed by atoms with Gasteiger partial charge in [0.05, 0.1) is 23.6 Å². The van der Waals surface area contributed by atoms with Crippen LogP contribution < -0.4 is 9.64 Å². The molecule has 1 unspecified atom stereocenters. The summed E-state index contributed by atoms with van der Waals surface area (Å²) < 4.78 is 42.7. The number of nitrogens with zero attached hydrogens (tertiary/aromatic N) is 5. The van der Waals surface area contributed by atoms with E-state index in [9.17, 15) is 24.3 Å². The van der Waals surface area contributed by atoms with Gasteiger partial charge in [0.1, 0.15) is 40.8 Å². The van der Waals surface area contributed by atoms with Gasteiger partial charge in [-0.1, -0.05) is 6.07 Å². The summed E-state index contributed by atoms with van der Waals surface area (Å²) in [5.41, 5.74) is -2.47. The van der Waals surface area contributed by atoms with E-state index in [1.165, 1.54) is 21.9 Å². The minimum Gasteiger partial charge on any atom is -0.507 e.